The number of aryl methyl sites for hydroxylation is 1. The zero-order chi connectivity index (χ0) is 11.1. The van der Waals surface area contributed by atoms with Gasteiger partial charge in [-0.3, -0.25) is 4.98 Å². The van der Waals surface area contributed by atoms with Gasteiger partial charge < -0.3 is 10.1 Å². The average molecular weight is 208 g/mol. The number of ether oxygens (including phenoxy) is 1. The molecule has 1 N–H and O–H groups in total. The molecule has 3 heteroatoms. The highest BCUT2D eigenvalue weighted by atomic mass is 16.5. The Kier molecular flexibility index (Phi) is 5.29. The van der Waals surface area contributed by atoms with E-state index in [1.807, 2.05) is 18.5 Å². The van der Waals surface area contributed by atoms with Crippen LogP contribution in [-0.4, -0.2) is 25.2 Å². The average Bonchev–Trinajstić information content (AvgIpc) is 2.25. The van der Waals surface area contributed by atoms with Crippen molar-refractivity contribution in [3.05, 3.63) is 29.6 Å². The molecule has 0 spiro atoms. The molecule has 0 saturated carbocycles. The molecular formula is C12H20N2O. The summed E-state index contributed by atoms with van der Waals surface area (Å²) in [5.41, 5.74) is 2.49. The van der Waals surface area contributed by atoms with E-state index in [4.69, 9.17) is 4.74 Å². The second-order valence-corrected chi connectivity index (χ2v) is 3.69. The summed E-state index contributed by atoms with van der Waals surface area (Å²) in [6.07, 6.45) is 4.86. The summed E-state index contributed by atoms with van der Waals surface area (Å²) in [6, 6.07) is 2.29. The molecule has 0 amide bonds. The molecule has 0 fully saturated rings. The third kappa shape index (κ3) is 3.61. The van der Waals surface area contributed by atoms with Crippen molar-refractivity contribution < 1.29 is 4.74 Å². The minimum atomic E-state index is 0.253. The molecule has 15 heavy (non-hydrogen) atoms. The Hall–Kier alpha value is -0.930. The van der Waals surface area contributed by atoms with E-state index in [-0.39, 0.29) is 6.04 Å². The zero-order valence-electron chi connectivity index (χ0n) is 9.79. The van der Waals surface area contributed by atoms with Crippen LogP contribution in [0, 0.1) is 6.92 Å². The summed E-state index contributed by atoms with van der Waals surface area (Å²) >= 11 is 0. The second kappa shape index (κ2) is 6.53. The minimum Gasteiger partial charge on any atom is -0.383 e. The molecule has 0 aliphatic rings. The van der Waals surface area contributed by atoms with Crippen molar-refractivity contribution in [2.75, 3.05) is 20.3 Å². The van der Waals surface area contributed by atoms with E-state index in [2.05, 4.69) is 24.1 Å². The standard InChI is InChI=1S/C12H20N2O/c1-4-6-14-12(9-15-3)11-8-13-7-5-10(11)2/h5,7-8,12,14H,4,6,9H2,1-3H3. The molecule has 0 saturated heterocycles. The number of hydrogen-bond donors (Lipinski definition) is 1. The molecule has 0 aromatic carbocycles. The van der Waals surface area contributed by atoms with Gasteiger partial charge in [0.15, 0.2) is 0 Å². The number of rotatable bonds is 6. The maximum atomic E-state index is 5.22. The third-order valence-corrected chi connectivity index (χ3v) is 2.43. The topological polar surface area (TPSA) is 34.1 Å². The van der Waals surface area contributed by atoms with Gasteiger partial charge in [0.25, 0.3) is 0 Å². The van der Waals surface area contributed by atoms with E-state index in [0.717, 1.165) is 13.0 Å². The van der Waals surface area contributed by atoms with Gasteiger partial charge in [0.2, 0.25) is 0 Å². The number of nitrogens with zero attached hydrogens (tertiary/aromatic N) is 1. The highest BCUT2D eigenvalue weighted by Crippen LogP contribution is 2.16. The van der Waals surface area contributed by atoms with Crippen molar-refractivity contribution >= 4 is 0 Å². The van der Waals surface area contributed by atoms with Gasteiger partial charge in [0.1, 0.15) is 0 Å². The maximum absolute atomic E-state index is 5.22. The maximum Gasteiger partial charge on any atom is 0.0658 e. The van der Waals surface area contributed by atoms with Crippen LogP contribution in [-0.2, 0) is 4.74 Å². The first-order valence-corrected chi connectivity index (χ1v) is 5.42. The number of methoxy groups -OCH3 is 1. The molecule has 0 aliphatic carbocycles. The van der Waals surface area contributed by atoms with Crippen LogP contribution in [0.3, 0.4) is 0 Å². The van der Waals surface area contributed by atoms with Crippen LogP contribution >= 0.6 is 0 Å². The van der Waals surface area contributed by atoms with Gasteiger partial charge in [-0.05, 0) is 37.1 Å². The Bertz CT molecular complexity index is 289. The van der Waals surface area contributed by atoms with Gasteiger partial charge in [-0.1, -0.05) is 6.92 Å². The normalized spacial score (nSPS) is 12.7. The lowest BCUT2D eigenvalue weighted by Gasteiger charge is -2.19. The highest BCUT2D eigenvalue weighted by Gasteiger charge is 2.12. The monoisotopic (exact) mass is 208 g/mol. The summed E-state index contributed by atoms with van der Waals surface area (Å²) in [5, 5.41) is 3.46. The lowest BCUT2D eigenvalue weighted by molar-refractivity contribution is 0.166. The quantitative estimate of drug-likeness (QED) is 0.777. The molecule has 1 heterocycles. The second-order valence-electron chi connectivity index (χ2n) is 3.69. The van der Waals surface area contributed by atoms with Gasteiger partial charge in [0.05, 0.1) is 12.6 Å². The van der Waals surface area contributed by atoms with E-state index in [0.29, 0.717) is 6.61 Å². The first-order valence-electron chi connectivity index (χ1n) is 5.42. The van der Waals surface area contributed by atoms with E-state index < -0.39 is 0 Å². The van der Waals surface area contributed by atoms with Crippen LogP contribution in [0.2, 0.25) is 0 Å². The van der Waals surface area contributed by atoms with Crippen molar-refractivity contribution in [3.63, 3.8) is 0 Å². The summed E-state index contributed by atoms with van der Waals surface area (Å²) in [5.74, 6) is 0. The predicted molar refractivity (Wildman–Crippen MR) is 61.9 cm³/mol. The number of pyridine rings is 1. The molecule has 1 atom stereocenters. The fourth-order valence-corrected chi connectivity index (χ4v) is 1.58. The smallest absolute Gasteiger partial charge is 0.0658 e. The van der Waals surface area contributed by atoms with Crippen molar-refractivity contribution in [1.82, 2.24) is 10.3 Å². The van der Waals surface area contributed by atoms with Crippen LogP contribution in [0.4, 0.5) is 0 Å². The van der Waals surface area contributed by atoms with Gasteiger partial charge in [-0.25, -0.2) is 0 Å². The molecule has 1 rings (SSSR count). The van der Waals surface area contributed by atoms with Crippen molar-refractivity contribution in [2.24, 2.45) is 0 Å². The Morgan fingerprint density at radius 1 is 1.53 bits per heavy atom. The molecule has 0 aliphatic heterocycles. The molecule has 0 bridgehead atoms. The molecule has 1 aromatic rings. The number of hydrogen-bond acceptors (Lipinski definition) is 3. The largest absolute Gasteiger partial charge is 0.383 e. The zero-order valence-corrected chi connectivity index (χ0v) is 9.79. The Morgan fingerprint density at radius 2 is 2.33 bits per heavy atom. The molecule has 1 aromatic heterocycles. The first kappa shape index (κ1) is 12.1. The third-order valence-electron chi connectivity index (χ3n) is 2.43. The Balaban J connectivity index is 2.74. The van der Waals surface area contributed by atoms with E-state index in [1.165, 1.54) is 11.1 Å². The van der Waals surface area contributed by atoms with E-state index in [9.17, 15) is 0 Å². The van der Waals surface area contributed by atoms with Crippen LogP contribution in [0.1, 0.15) is 30.5 Å². The lowest BCUT2D eigenvalue weighted by Crippen LogP contribution is -2.26. The SMILES string of the molecule is CCCNC(COC)c1cnccc1C. The van der Waals surface area contributed by atoms with Crippen LogP contribution in [0.5, 0.6) is 0 Å². The lowest BCUT2D eigenvalue weighted by atomic mass is 10.0. The van der Waals surface area contributed by atoms with Gasteiger partial charge >= 0.3 is 0 Å². The summed E-state index contributed by atoms with van der Waals surface area (Å²) < 4.78 is 5.22. The molecule has 0 radical (unpaired) electrons. The summed E-state index contributed by atoms with van der Waals surface area (Å²) in [4.78, 5) is 4.16. The minimum absolute atomic E-state index is 0.253. The molecule has 84 valence electrons. The summed E-state index contributed by atoms with van der Waals surface area (Å²) in [6.45, 7) is 5.95. The number of aromatic nitrogens is 1. The van der Waals surface area contributed by atoms with Crippen molar-refractivity contribution in [2.45, 2.75) is 26.3 Å². The van der Waals surface area contributed by atoms with E-state index >= 15 is 0 Å². The van der Waals surface area contributed by atoms with Crippen LogP contribution in [0.25, 0.3) is 0 Å². The van der Waals surface area contributed by atoms with Crippen LogP contribution in [0.15, 0.2) is 18.5 Å². The van der Waals surface area contributed by atoms with Gasteiger partial charge in [0, 0.05) is 19.5 Å². The Labute approximate surface area is 91.9 Å². The highest BCUT2D eigenvalue weighted by molar-refractivity contribution is 5.25. The first-order chi connectivity index (χ1) is 7.29. The molecule has 3 nitrogen and oxygen atoms in total. The predicted octanol–water partition coefficient (Wildman–Crippen LogP) is 2.08. The molecule has 1 unspecified atom stereocenters. The fourth-order valence-electron chi connectivity index (χ4n) is 1.58. The Morgan fingerprint density at radius 3 is 2.93 bits per heavy atom. The summed E-state index contributed by atoms with van der Waals surface area (Å²) in [7, 11) is 1.73. The van der Waals surface area contributed by atoms with Gasteiger partial charge in [-0.2, -0.15) is 0 Å². The van der Waals surface area contributed by atoms with Crippen molar-refractivity contribution in [3.8, 4) is 0 Å². The van der Waals surface area contributed by atoms with E-state index in [1.54, 1.807) is 7.11 Å². The van der Waals surface area contributed by atoms with Gasteiger partial charge in [-0.15, -0.1) is 0 Å². The van der Waals surface area contributed by atoms with Crippen LogP contribution < -0.4 is 5.32 Å². The number of nitrogens with one attached hydrogen (secondary N) is 1. The molecular weight excluding hydrogens is 188 g/mol. The van der Waals surface area contributed by atoms with Crippen molar-refractivity contribution in [1.29, 1.82) is 0 Å². The fraction of sp³-hybridized carbons (Fsp3) is 0.583.